The van der Waals surface area contributed by atoms with E-state index in [1.807, 2.05) is 31.1 Å². The van der Waals surface area contributed by atoms with Gasteiger partial charge in [0.1, 0.15) is 5.82 Å². The van der Waals surface area contributed by atoms with Gasteiger partial charge in [0, 0.05) is 38.8 Å². The normalized spacial score (nSPS) is 17.5. The van der Waals surface area contributed by atoms with Gasteiger partial charge in [0.2, 0.25) is 5.91 Å². The molecule has 1 amide bonds. The molecule has 1 aromatic heterocycles. The van der Waals surface area contributed by atoms with Crippen LogP contribution in [0.3, 0.4) is 0 Å². The third-order valence-corrected chi connectivity index (χ3v) is 3.33. The Morgan fingerprint density at radius 1 is 1.53 bits per heavy atom. The molecule has 1 heterocycles. The summed E-state index contributed by atoms with van der Waals surface area (Å²) in [7, 11) is 3.91. The molecule has 0 saturated carbocycles. The van der Waals surface area contributed by atoms with Gasteiger partial charge in [-0.15, -0.1) is 0 Å². The first kappa shape index (κ1) is 13.6. The fourth-order valence-electron chi connectivity index (χ4n) is 2.34. The number of rotatable bonds is 5. The zero-order chi connectivity index (χ0) is 13.7. The highest BCUT2D eigenvalue weighted by Crippen LogP contribution is 2.20. The largest absolute Gasteiger partial charge is 0.362 e. The van der Waals surface area contributed by atoms with Crippen LogP contribution in [-0.4, -0.2) is 25.0 Å². The Bertz CT molecular complexity index is 468. The standard InChI is InChI=1S/C15H21N3O/c1-18(2)15-13(8-5-9-16-15)11-17-14(19)10-12-6-3-4-7-12/h3,5-6,8-9,12H,4,7,10-11H2,1-2H3,(H,17,19)/t12-/m0/s1. The number of nitrogens with zero attached hydrogens (tertiary/aromatic N) is 2. The molecule has 19 heavy (non-hydrogen) atoms. The molecule has 1 aliphatic rings. The van der Waals surface area contributed by atoms with Crippen molar-refractivity contribution in [3.8, 4) is 0 Å². The van der Waals surface area contributed by atoms with Crippen molar-refractivity contribution in [3.63, 3.8) is 0 Å². The van der Waals surface area contributed by atoms with Crippen LogP contribution in [0.1, 0.15) is 24.8 Å². The van der Waals surface area contributed by atoms with E-state index >= 15 is 0 Å². The van der Waals surface area contributed by atoms with Crippen molar-refractivity contribution in [2.24, 2.45) is 5.92 Å². The molecule has 2 rings (SSSR count). The van der Waals surface area contributed by atoms with E-state index in [4.69, 9.17) is 0 Å². The Hall–Kier alpha value is -1.84. The number of aromatic nitrogens is 1. The smallest absolute Gasteiger partial charge is 0.220 e. The predicted octanol–water partition coefficient (Wildman–Crippen LogP) is 2.12. The number of pyridine rings is 1. The first-order valence-corrected chi connectivity index (χ1v) is 6.71. The van der Waals surface area contributed by atoms with Gasteiger partial charge < -0.3 is 10.2 Å². The summed E-state index contributed by atoms with van der Waals surface area (Å²) in [5.74, 6) is 1.44. The van der Waals surface area contributed by atoms with E-state index in [-0.39, 0.29) is 5.91 Å². The second-order valence-corrected chi connectivity index (χ2v) is 5.13. The highest BCUT2D eigenvalue weighted by atomic mass is 16.1. The molecule has 0 spiro atoms. The van der Waals surface area contributed by atoms with Gasteiger partial charge in [-0.2, -0.15) is 0 Å². The van der Waals surface area contributed by atoms with Crippen LogP contribution in [0.15, 0.2) is 30.5 Å². The number of anilines is 1. The number of amides is 1. The SMILES string of the molecule is CN(C)c1ncccc1CNC(=O)C[C@H]1C=CCC1. The Morgan fingerprint density at radius 2 is 2.37 bits per heavy atom. The van der Waals surface area contributed by atoms with E-state index in [1.54, 1.807) is 6.20 Å². The maximum absolute atomic E-state index is 11.9. The number of carbonyl (C=O) groups excluding carboxylic acids is 1. The lowest BCUT2D eigenvalue weighted by Gasteiger charge is -2.16. The van der Waals surface area contributed by atoms with E-state index in [2.05, 4.69) is 22.5 Å². The molecule has 1 atom stereocenters. The highest BCUT2D eigenvalue weighted by molar-refractivity contribution is 5.76. The van der Waals surface area contributed by atoms with Crippen molar-refractivity contribution in [1.29, 1.82) is 0 Å². The van der Waals surface area contributed by atoms with Gasteiger partial charge in [0.05, 0.1) is 0 Å². The maximum atomic E-state index is 11.9. The molecule has 1 aromatic rings. The van der Waals surface area contributed by atoms with Crippen LogP contribution in [0.5, 0.6) is 0 Å². The van der Waals surface area contributed by atoms with Crippen molar-refractivity contribution < 1.29 is 4.79 Å². The summed E-state index contributed by atoms with van der Waals surface area (Å²) in [6, 6.07) is 3.90. The summed E-state index contributed by atoms with van der Waals surface area (Å²) in [5.41, 5.74) is 1.04. The molecular weight excluding hydrogens is 238 g/mol. The Kier molecular flexibility index (Phi) is 4.55. The van der Waals surface area contributed by atoms with E-state index in [0.717, 1.165) is 24.2 Å². The van der Waals surface area contributed by atoms with Crippen LogP contribution in [-0.2, 0) is 11.3 Å². The van der Waals surface area contributed by atoms with Gasteiger partial charge in [0.15, 0.2) is 0 Å². The second kappa shape index (κ2) is 6.36. The van der Waals surface area contributed by atoms with Crippen molar-refractivity contribution in [2.45, 2.75) is 25.8 Å². The Balaban J connectivity index is 1.87. The zero-order valence-corrected chi connectivity index (χ0v) is 11.6. The molecule has 1 N–H and O–H groups in total. The summed E-state index contributed by atoms with van der Waals surface area (Å²) >= 11 is 0. The fraction of sp³-hybridized carbons (Fsp3) is 0.467. The lowest BCUT2D eigenvalue weighted by atomic mass is 10.1. The van der Waals surface area contributed by atoms with Crippen LogP contribution in [0.25, 0.3) is 0 Å². The van der Waals surface area contributed by atoms with Gasteiger partial charge >= 0.3 is 0 Å². The fourth-order valence-corrected chi connectivity index (χ4v) is 2.34. The van der Waals surface area contributed by atoms with Crippen molar-refractivity contribution in [3.05, 3.63) is 36.0 Å². The summed E-state index contributed by atoms with van der Waals surface area (Å²) in [6.07, 6.45) is 8.87. The van der Waals surface area contributed by atoms with Crippen LogP contribution < -0.4 is 10.2 Å². The minimum absolute atomic E-state index is 0.116. The number of hydrogen-bond donors (Lipinski definition) is 1. The number of allylic oxidation sites excluding steroid dienone is 2. The summed E-state index contributed by atoms with van der Waals surface area (Å²) < 4.78 is 0. The summed E-state index contributed by atoms with van der Waals surface area (Å²) in [6.45, 7) is 0.538. The van der Waals surface area contributed by atoms with Crippen molar-refractivity contribution in [1.82, 2.24) is 10.3 Å². The maximum Gasteiger partial charge on any atom is 0.220 e. The number of hydrogen-bond acceptors (Lipinski definition) is 3. The Labute approximate surface area is 114 Å². The minimum atomic E-state index is 0.116. The first-order valence-electron chi connectivity index (χ1n) is 6.71. The average molecular weight is 259 g/mol. The first-order chi connectivity index (χ1) is 9.16. The average Bonchev–Trinajstić information content (AvgIpc) is 2.89. The van der Waals surface area contributed by atoms with Crippen LogP contribution >= 0.6 is 0 Å². The topological polar surface area (TPSA) is 45.2 Å². The molecule has 0 aromatic carbocycles. The molecule has 4 nitrogen and oxygen atoms in total. The van der Waals surface area contributed by atoms with E-state index < -0.39 is 0 Å². The quantitative estimate of drug-likeness (QED) is 0.824. The third-order valence-electron chi connectivity index (χ3n) is 3.33. The predicted molar refractivity (Wildman–Crippen MR) is 76.9 cm³/mol. The highest BCUT2D eigenvalue weighted by Gasteiger charge is 2.14. The van der Waals surface area contributed by atoms with Gasteiger partial charge in [0.25, 0.3) is 0 Å². The monoisotopic (exact) mass is 259 g/mol. The molecular formula is C15H21N3O. The molecule has 0 radical (unpaired) electrons. The number of nitrogens with one attached hydrogen (secondary N) is 1. The van der Waals surface area contributed by atoms with E-state index in [9.17, 15) is 4.79 Å². The minimum Gasteiger partial charge on any atom is -0.362 e. The van der Waals surface area contributed by atoms with Crippen LogP contribution in [0.4, 0.5) is 5.82 Å². The molecule has 102 valence electrons. The Morgan fingerprint density at radius 3 is 3.05 bits per heavy atom. The molecule has 0 fully saturated rings. The molecule has 0 unspecified atom stereocenters. The van der Waals surface area contributed by atoms with Crippen LogP contribution in [0.2, 0.25) is 0 Å². The molecule has 0 aliphatic heterocycles. The lowest BCUT2D eigenvalue weighted by Crippen LogP contribution is -2.25. The lowest BCUT2D eigenvalue weighted by molar-refractivity contribution is -0.121. The van der Waals surface area contributed by atoms with Crippen molar-refractivity contribution in [2.75, 3.05) is 19.0 Å². The molecule has 4 heteroatoms. The molecule has 0 saturated heterocycles. The van der Waals surface area contributed by atoms with E-state index in [0.29, 0.717) is 18.9 Å². The van der Waals surface area contributed by atoms with Gasteiger partial charge in [-0.1, -0.05) is 18.2 Å². The molecule has 1 aliphatic carbocycles. The summed E-state index contributed by atoms with van der Waals surface area (Å²) in [4.78, 5) is 18.2. The van der Waals surface area contributed by atoms with Crippen LogP contribution in [0, 0.1) is 5.92 Å². The van der Waals surface area contributed by atoms with Gasteiger partial charge in [-0.05, 0) is 24.8 Å². The third kappa shape index (κ3) is 3.81. The van der Waals surface area contributed by atoms with E-state index in [1.165, 1.54) is 0 Å². The molecule has 0 bridgehead atoms. The number of carbonyl (C=O) groups is 1. The van der Waals surface area contributed by atoms with Crippen molar-refractivity contribution >= 4 is 11.7 Å². The van der Waals surface area contributed by atoms with Gasteiger partial charge in [-0.3, -0.25) is 4.79 Å². The summed E-state index contributed by atoms with van der Waals surface area (Å²) in [5, 5.41) is 2.98. The zero-order valence-electron chi connectivity index (χ0n) is 11.6. The second-order valence-electron chi connectivity index (χ2n) is 5.13. The van der Waals surface area contributed by atoms with Gasteiger partial charge in [-0.25, -0.2) is 4.98 Å².